The van der Waals surface area contributed by atoms with Gasteiger partial charge in [0.05, 0.1) is 28.9 Å². The molecular weight excluding hydrogens is 277 g/mol. The van der Waals surface area contributed by atoms with Crippen molar-refractivity contribution in [2.24, 2.45) is 0 Å². The Morgan fingerprint density at radius 3 is 2.38 bits per heavy atom. The molecule has 0 bridgehead atoms. The highest BCUT2D eigenvalue weighted by Crippen LogP contribution is 2.35. The highest BCUT2D eigenvalue weighted by molar-refractivity contribution is 5.70. The number of halogens is 1. The van der Waals surface area contributed by atoms with E-state index in [0.29, 0.717) is 24.5 Å². The smallest absolute Gasteiger partial charge is 0.295 e. The summed E-state index contributed by atoms with van der Waals surface area (Å²) >= 11 is 0. The van der Waals surface area contributed by atoms with Crippen LogP contribution < -0.4 is 9.80 Å². The standard InChI is InChI=1S/C14H20FN3O3/c1-9-7-17(8-10(2)21-9)12-6-13(16(3)4)14(18(19)20)5-11(12)15/h5-6,9-10H,7-8H2,1-4H3/t9-,10-/m1/s1. The van der Waals surface area contributed by atoms with E-state index >= 15 is 0 Å². The molecule has 1 fully saturated rings. The summed E-state index contributed by atoms with van der Waals surface area (Å²) in [6.07, 6.45) is -0.0164. The number of nitro benzene ring substituents is 1. The third-order valence-electron chi connectivity index (χ3n) is 3.48. The molecule has 1 saturated heterocycles. The number of nitrogens with zero attached hydrogens (tertiary/aromatic N) is 3. The maximum Gasteiger partial charge on any atom is 0.295 e. The Labute approximate surface area is 123 Å². The molecule has 1 aliphatic rings. The highest BCUT2D eigenvalue weighted by atomic mass is 19.1. The molecular formula is C14H20FN3O3. The first-order chi connectivity index (χ1) is 9.79. The molecule has 0 amide bonds. The van der Waals surface area contributed by atoms with Crippen LogP contribution in [0, 0.1) is 15.9 Å². The number of nitro groups is 1. The Hall–Kier alpha value is -1.89. The van der Waals surface area contributed by atoms with Crippen molar-refractivity contribution < 1.29 is 14.1 Å². The molecule has 0 radical (unpaired) electrons. The van der Waals surface area contributed by atoms with Gasteiger partial charge in [0.25, 0.3) is 5.69 Å². The molecule has 0 aromatic heterocycles. The second-order valence-corrected chi connectivity index (χ2v) is 5.61. The molecule has 2 rings (SSSR count). The number of hydrogen-bond donors (Lipinski definition) is 0. The first kappa shape index (κ1) is 15.5. The first-order valence-electron chi connectivity index (χ1n) is 6.85. The van der Waals surface area contributed by atoms with Gasteiger partial charge in [0.1, 0.15) is 5.69 Å². The van der Waals surface area contributed by atoms with E-state index in [4.69, 9.17) is 4.74 Å². The summed E-state index contributed by atoms with van der Waals surface area (Å²) in [6.45, 7) is 4.98. The lowest BCUT2D eigenvalue weighted by atomic mass is 10.1. The van der Waals surface area contributed by atoms with Crippen molar-refractivity contribution in [1.82, 2.24) is 0 Å². The Morgan fingerprint density at radius 2 is 1.90 bits per heavy atom. The van der Waals surface area contributed by atoms with E-state index < -0.39 is 10.7 Å². The Balaban J connectivity index is 2.44. The SMILES string of the molecule is C[C@@H]1CN(c2cc(N(C)C)c([N+](=O)[O-])cc2F)C[C@@H](C)O1. The van der Waals surface area contributed by atoms with Crippen molar-refractivity contribution in [3.8, 4) is 0 Å². The number of hydrogen-bond acceptors (Lipinski definition) is 5. The Morgan fingerprint density at radius 1 is 1.33 bits per heavy atom. The fraction of sp³-hybridized carbons (Fsp3) is 0.571. The average Bonchev–Trinajstić information content (AvgIpc) is 2.36. The van der Waals surface area contributed by atoms with Crippen LogP contribution in [0.2, 0.25) is 0 Å². The summed E-state index contributed by atoms with van der Waals surface area (Å²) in [5.41, 5.74) is 0.546. The van der Waals surface area contributed by atoms with Crippen molar-refractivity contribution in [2.75, 3.05) is 37.0 Å². The van der Waals surface area contributed by atoms with Gasteiger partial charge in [-0.05, 0) is 19.9 Å². The molecule has 116 valence electrons. The minimum atomic E-state index is -0.575. The van der Waals surface area contributed by atoms with Crippen molar-refractivity contribution in [3.63, 3.8) is 0 Å². The summed E-state index contributed by atoms with van der Waals surface area (Å²) in [5, 5.41) is 11.0. The van der Waals surface area contributed by atoms with Gasteiger partial charge in [0.15, 0.2) is 5.82 Å². The van der Waals surface area contributed by atoms with Gasteiger partial charge < -0.3 is 14.5 Å². The van der Waals surface area contributed by atoms with Gasteiger partial charge in [0.2, 0.25) is 0 Å². The summed E-state index contributed by atoms with van der Waals surface area (Å²) in [6, 6.07) is 2.54. The fourth-order valence-corrected chi connectivity index (χ4v) is 2.66. The Bertz CT molecular complexity index is 541. The monoisotopic (exact) mass is 297 g/mol. The second kappa shape index (κ2) is 5.85. The van der Waals surface area contributed by atoms with Crippen LogP contribution in [0.4, 0.5) is 21.5 Å². The maximum atomic E-state index is 14.3. The van der Waals surface area contributed by atoms with Crippen LogP contribution in [-0.2, 0) is 4.74 Å². The van der Waals surface area contributed by atoms with E-state index in [-0.39, 0.29) is 17.9 Å². The summed E-state index contributed by atoms with van der Waals surface area (Å²) in [4.78, 5) is 14.0. The maximum absolute atomic E-state index is 14.3. The molecule has 0 N–H and O–H groups in total. The van der Waals surface area contributed by atoms with Crippen LogP contribution in [0.1, 0.15) is 13.8 Å². The number of rotatable bonds is 3. The average molecular weight is 297 g/mol. The highest BCUT2D eigenvalue weighted by Gasteiger charge is 2.27. The van der Waals surface area contributed by atoms with Gasteiger partial charge in [-0.15, -0.1) is 0 Å². The van der Waals surface area contributed by atoms with E-state index in [1.807, 2.05) is 18.7 Å². The van der Waals surface area contributed by atoms with E-state index in [1.54, 1.807) is 19.0 Å². The zero-order valence-corrected chi connectivity index (χ0v) is 12.7. The van der Waals surface area contributed by atoms with Crippen LogP contribution in [0.15, 0.2) is 12.1 Å². The molecule has 21 heavy (non-hydrogen) atoms. The predicted molar refractivity (Wildman–Crippen MR) is 79.6 cm³/mol. The third kappa shape index (κ3) is 3.24. The molecule has 0 aliphatic carbocycles. The van der Waals surface area contributed by atoms with Crippen molar-refractivity contribution in [1.29, 1.82) is 0 Å². The van der Waals surface area contributed by atoms with Gasteiger partial charge in [-0.2, -0.15) is 0 Å². The van der Waals surface area contributed by atoms with Gasteiger partial charge in [-0.1, -0.05) is 0 Å². The molecule has 0 saturated carbocycles. The summed E-state index contributed by atoms with van der Waals surface area (Å²) < 4.78 is 19.9. The second-order valence-electron chi connectivity index (χ2n) is 5.61. The molecule has 2 atom stereocenters. The minimum absolute atomic E-state index is 0.00820. The largest absolute Gasteiger partial charge is 0.372 e. The number of anilines is 2. The fourth-order valence-electron chi connectivity index (χ4n) is 2.66. The van der Waals surface area contributed by atoms with Crippen LogP contribution in [0.25, 0.3) is 0 Å². The lowest BCUT2D eigenvalue weighted by Gasteiger charge is -2.37. The first-order valence-corrected chi connectivity index (χ1v) is 6.85. The Kier molecular flexibility index (Phi) is 4.32. The lowest BCUT2D eigenvalue weighted by molar-refractivity contribution is -0.384. The number of morpholine rings is 1. The number of ether oxygens (including phenoxy) is 1. The molecule has 1 aliphatic heterocycles. The predicted octanol–water partition coefficient (Wildman–Crippen LogP) is 2.41. The number of benzene rings is 1. The molecule has 0 spiro atoms. The minimum Gasteiger partial charge on any atom is -0.372 e. The molecule has 1 aromatic carbocycles. The zero-order valence-electron chi connectivity index (χ0n) is 12.7. The third-order valence-corrected chi connectivity index (χ3v) is 3.48. The van der Waals surface area contributed by atoms with Gasteiger partial charge in [0, 0.05) is 27.2 Å². The van der Waals surface area contributed by atoms with Crippen LogP contribution in [-0.4, -0.2) is 44.3 Å². The molecule has 7 heteroatoms. The van der Waals surface area contributed by atoms with E-state index in [9.17, 15) is 14.5 Å². The summed E-state index contributed by atoms with van der Waals surface area (Å²) in [7, 11) is 3.41. The summed E-state index contributed by atoms with van der Waals surface area (Å²) in [5.74, 6) is -0.575. The van der Waals surface area contributed by atoms with Crippen molar-refractivity contribution in [2.45, 2.75) is 26.1 Å². The molecule has 1 heterocycles. The quantitative estimate of drug-likeness (QED) is 0.633. The van der Waals surface area contributed by atoms with Crippen molar-refractivity contribution >= 4 is 17.1 Å². The molecule has 1 aromatic rings. The van der Waals surface area contributed by atoms with E-state index in [0.717, 1.165) is 6.07 Å². The van der Waals surface area contributed by atoms with E-state index in [2.05, 4.69) is 0 Å². The van der Waals surface area contributed by atoms with Gasteiger partial charge in [-0.3, -0.25) is 10.1 Å². The van der Waals surface area contributed by atoms with Crippen molar-refractivity contribution in [3.05, 3.63) is 28.1 Å². The van der Waals surface area contributed by atoms with Gasteiger partial charge >= 0.3 is 0 Å². The van der Waals surface area contributed by atoms with Crippen LogP contribution in [0.3, 0.4) is 0 Å². The van der Waals surface area contributed by atoms with Gasteiger partial charge in [-0.25, -0.2) is 4.39 Å². The normalized spacial score (nSPS) is 22.2. The lowest BCUT2D eigenvalue weighted by Crippen LogP contribution is -2.45. The molecule has 0 unspecified atom stereocenters. The topological polar surface area (TPSA) is 58.9 Å². The van der Waals surface area contributed by atoms with E-state index in [1.165, 1.54) is 6.07 Å². The zero-order chi connectivity index (χ0) is 15.7. The van der Waals surface area contributed by atoms with Crippen LogP contribution in [0.5, 0.6) is 0 Å². The molecule has 6 nitrogen and oxygen atoms in total. The van der Waals surface area contributed by atoms with Crippen LogP contribution >= 0.6 is 0 Å².